The number of benzene rings is 1. The lowest BCUT2D eigenvalue weighted by molar-refractivity contribution is -0.123. The summed E-state index contributed by atoms with van der Waals surface area (Å²) in [5, 5.41) is 6.51. The first-order chi connectivity index (χ1) is 14.1. The summed E-state index contributed by atoms with van der Waals surface area (Å²) in [7, 11) is 1.62. The van der Waals surface area contributed by atoms with E-state index in [0.717, 1.165) is 30.8 Å². The van der Waals surface area contributed by atoms with Crippen molar-refractivity contribution in [3.05, 3.63) is 53.9 Å². The Morgan fingerprint density at radius 3 is 2.90 bits per heavy atom. The van der Waals surface area contributed by atoms with Gasteiger partial charge < -0.3 is 20.1 Å². The molecule has 2 atom stereocenters. The van der Waals surface area contributed by atoms with Crippen LogP contribution in [0.25, 0.3) is 0 Å². The van der Waals surface area contributed by atoms with Crippen molar-refractivity contribution in [1.29, 1.82) is 0 Å². The van der Waals surface area contributed by atoms with Crippen LogP contribution in [0.4, 0.5) is 0 Å². The number of hydrogen-bond donors (Lipinski definition) is 2. The number of piperazine rings is 1. The molecule has 0 saturated carbocycles. The van der Waals surface area contributed by atoms with Gasteiger partial charge in [-0.05, 0) is 43.2 Å². The molecule has 1 aliphatic heterocycles. The van der Waals surface area contributed by atoms with E-state index < -0.39 is 0 Å². The SMILES string of the molecule is CCOc1ccc(C(C)NC(=O)CN2CCNCC2c2cccnc2)cc1OC.Cl. The number of carbonyl (C=O) groups is 1. The van der Waals surface area contributed by atoms with Crippen LogP contribution in [-0.2, 0) is 4.79 Å². The van der Waals surface area contributed by atoms with E-state index in [4.69, 9.17) is 9.47 Å². The number of nitrogens with zero attached hydrogens (tertiary/aromatic N) is 2. The van der Waals surface area contributed by atoms with Gasteiger partial charge in [0.2, 0.25) is 5.91 Å². The Morgan fingerprint density at radius 2 is 2.20 bits per heavy atom. The molecule has 30 heavy (non-hydrogen) atoms. The number of aromatic nitrogens is 1. The largest absolute Gasteiger partial charge is 0.493 e. The van der Waals surface area contributed by atoms with E-state index in [1.807, 2.05) is 44.3 Å². The van der Waals surface area contributed by atoms with Crippen LogP contribution in [0.1, 0.15) is 37.1 Å². The summed E-state index contributed by atoms with van der Waals surface area (Å²) in [6.45, 7) is 7.33. The molecule has 2 unspecified atom stereocenters. The number of ether oxygens (including phenoxy) is 2. The summed E-state index contributed by atoms with van der Waals surface area (Å²) in [4.78, 5) is 19.2. The van der Waals surface area contributed by atoms with E-state index in [1.54, 1.807) is 13.3 Å². The van der Waals surface area contributed by atoms with Crippen molar-refractivity contribution >= 4 is 18.3 Å². The number of halogens is 1. The predicted octanol–water partition coefficient (Wildman–Crippen LogP) is 2.73. The number of nitrogens with one attached hydrogen (secondary N) is 2. The van der Waals surface area contributed by atoms with Gasteiger partial charge in [0.25, 0.3) is 0 Å². The molecule has 0 radical (unpaired) electrons. The number of carbonyl (C=O) groups excluding carboxylic acids is 1. The van der Waals surface area contributed by atoms with Crippen LogP contribution in [-0.4, -0.2) is 55.7 Å². The Labute approximate surface area is 184 Å². The van der Waals surface area contributed by atoms with Crippen LogP contribution >= 0.6 is 12.4 Å². The van der Waals surface area contributed by atoms with E-state index >= 15 is 0 Å². The predicted molar refractivity (Wildman–Crippen MR) is 119 cm³/mol. The number of pyridine rings is 1. The molecule has 0 spiro atoms. The Kier molecular flexibility index (Phi) is 9.36. The number of rotatable bonds is 8. The zero-order valence-corrected chi connectivity index (χ0v) is 18.6. The van der Waals surface area contributed by atoms with E-state index in [0.29, 0.717) is 24.7 Å². The molecule has 1 aliphatic rings. The molecule has 164 valence electrons. The molecule has 2 heterocycles. The number of methoxy groups -OCH3 is 1. The maximum Gasteiger partial charge on any atom is 0.234 e. The van der Waals surface area contributed by atoms with Gasteiger partial charge in [-0.15, -0.1) is 12.4 Å². The van der Waals surface area contributed by atoms with Crippen LogP contribution in [0.2, 0.25) is 0 Å². The van der Waals surface area contributed by atoms with Gasteiger partial charge in [-0.3, -0.25) is 14.7 Å². The summed E-state index contributed by atoms with van der Waals surface area (Å²) in [5.41, 5.74) is 2.10. The molecular formula is C22H31ClN4O3. The van der Waals surface area contributed by atoms with E-state index in [1.165, 1.54) is 0 Å². The van der Waals surface area contributed by atoms with Gasteiger partial charge in [0, 0.05) is 38.1 Å². The van der Waals surface area contributed by atoms with Crippen LogP contribution < -0.4 is 20.1 Å². The van der Waals surface area contributed by atoms with Crippen molar-refractivity contribution in [1.82, 2.24) is 20.5 Å². The number of hydrogen-bond acceptors (Lipinski definition) is 6. The smallest absolute Gasteiger partial charge is 0.234 e. The van der Waals surface area contributed by atoms with Crippen molar-refractivity contribution < 1.29 is 14.3 Å². The third-order valence-corrected chi connectivity index (χ3v) is 5.14. The second-order valence-electron chi connectivity index (χ2n) is 7.11. The average Bonchev–Trinajstić information content (AvgIpc) is 2.75. The first kappa shape index (κ1) is 23.9. The second kappa shape index (κ2) is 11.7. The first-order valence-corrected chi connectivity index (χ1v) is 10.1. The maximum atomic E-state index is 12.8. The molecule has 1 aromatic carbocycles. The van der Waals surface area contributed by atoms with Crippen LogP contribution in [0.3, 0.4) is 0 Å². The van der Waals surface area contributed by atoms with Gasteiger partial charge in [-0.1, -0.05) is 12.1 Å². The zero-order chi connectivity index (χ0) is 20.6. The summed E-state index contributed by atoms with van der Waals surface area (Å²) >= 11 is 0. The normalized spacial score (nSPS) is 17.5. The lowest BCUT2D eigenvalue weighted by Crippen LogP contribution is -2.49. The summed E-state index contributed by atoms with van der Waals surface area (Å²) in [6.07, 6.45) is 3.64. The average molecular weight is 435 g/mol. The van der Waals surface area contributed by atoms with Crippen molar-refractivity contribution in [2.45, 2.75) is 25.9 Å². The highest BCUT2D eigenvalue weighted by Crippen LogP contribution is 2.30. The fourth-order valence-corrected chi connectivity index (χ4v) is 3.62. The van der Waals surface area contributed by atoms with E-state index in [2.05, 4.69) is 26.6 Å². The van der Waals surface area contributed by atoms with Crippen molar-refractivity contribution in [2.24, 2.45) is 0 Å². The fraction of sp³-hybridized carbons (Fsp3) is 0.455. The Bertz CT molecular complexity index is 806. The van der Waals surface area contributed by atoms with Gasteiger partial charge in [0.05, 0.1) is 26.3 Å². The van der Waals surface area contributed by atoms with Crippen LogP contribution in [0.15, 0.2) is 42.7 Å². The highest BCUT2D eigenvalue weighted by Gasteiger charge is 2.26. The third-order valence-electron chi connectivity index (χ3n) is 5.14. The number of amides is 1. The monoisotopic (exact) mass is 434 g/mol. The van der Waals surface area contributed by atoms with Crippen LogP contribution in [0, 0.1) is 0 Å². The Morgan fingerprint density at radius 1 is 1.37 bits per heavy atom. The van der Waals surface area contributed by atoms with E-state index in [9.17, 15) is 4.79 Å². The van der Waals surface area contributed by atoms with Crippen molar-refractivity contribution in [2.75, 3.05) is 39.9 Å². The Balaban J connectivity index is 0.00000320. The quantitative estimate of drug-likeness (QED) is 0.665. The molecule has 1 aromatic heterocycles. The molecule has 0 aliphatic carbocycles. The van der Waals surface area contributed by atoms with Crippen LogP contribution in [0.5, 0.6) is 11.5 Å². The molecule has 1 amide bonds. The Hall–Kier alpha value is -2.35. The molecule has 8 heteroatoms. The molecule has 2 aromatic rings. The van der Waals surface area contributed by atoms with Gasteiger partial charge in [-0.2, -0.15) is 0 Å². The minimum absolute atomic E-state index is 0. The summed E-state index contributed by atoms with van der Waals surface area (Å²) in [6, 6.07) is 9.76. The standard InChI is InChI=1S/C22H30N4O3.ClH/c1-4-29-20-8-7-17(12-21(20)28-3)16(2)25-22(27)15-26-11-10-24-14-19(26)18-6-5-9-23-13-18;/h5-9,12-13,16,19,24H,4,10-11,14-15H2,1-3H3,(H,25,27);1H. The van der Waals surface area contributed by atoms with Gasteiger partial charge >= 0.3 is 0 Å². The van der Waals surface area contributed by atoms with E-state index in [-0.39, 0.29) is 30.4 Å². The summed E-state index contributed by atoms with van der Waals surface area (Å²) in [5.74, 6) is 1.38. The first-order valence-electron chi connectivity index (χ1n) is 10.1. The van der Waals surface area contributed by atoms with Gasteiger partial charge in [-0.25, -0.2) is 0 Å². The van der Waals surface area contributed by atoms with Crippen molar-refractivity contribution in [3.8, 4) is 11.5 Å². The topological polar surface area (TPSA) is 75.7 Å². The molecule has 7 nitrogen and oxygen atoms in total. The molecule has 2 N–H and O–H groups in total. The zero-order valence-electron chi connectivity index (χ0n) is 17.8. The molecule has 1 fully saturated rings. The minimum Gasteiger partial charge on any atom is -0.493 e. The van der Waals surface area contributed by atoms with Crippen molar-refractivity contribution in [3.63, 3.8) is 0 Å². The minimum atomic E-state index is -0.133. The lowest BCUT2D eigenvalue weighted by atomic mass is 10.1. The highest BCUT2D eigenvalue weighted by molar-refractivity contribution is 5.85. The van der Waals surface area contributed by atoms with Gasteiger partial charge in [0.15, 0.2) is 11.5 Å². The molecule has 0 bridgehead atoms. The van der Waals surface area contributed by atoms with Gasteiger partial charge in [0.1, 0.15) is 0 Å². The third kappa shape index (κ3) is 6.08. The molecular weight excluding hydrogens is 404 g/mol. The fourth-order valence-electron chi connectivity index (χ4n) is 3.62. The maximum absolute atomic E-state index is 12.8. The lowest BCUT2D eigenvalue weighted by Gasteiger charge is -2.36. The summed E-state index contributed by atoms with van der Waals surface area (Å²) < 4.78 is 11.0. The second-order valence-corrected chi connectivity index (χ2v) is 7.11. The molecule has 3 rings (SSSR count). The molecule has 1 saturated heterocycles. The highest BCUT2D eigenvalue weighted by atomic mass is 35.5.